The summed E-state index contributed by atoms with van der Waals surface area (Å²) in [5.41, 5.74) is 8.87. The number of hydrogen-bond acceptors (Lipinski definition) is 0. The van der Waals surface area contributed by atoms with Gasteiger partial charge < -0.3 is 0 Å². The van der Waals surface area contributed by atoms with E-state index in [1.165, 1.54) is 66.3 Å². The third-order valence-corrected chi connectivity index (χ3v) is 12.3. The van der Waals surface area contributed by atoms with Crippen molar-refractivity contribution in [1.82, 2.24) is 0 Å². The molecule has 0 radical (unpaired) electrons. The summed E-state index contributed by atoms with van der Waals surface area (Å²) in [7, 11) is 0. The van der Waals surface area contributed by atoms with Gasteiger partial charge in [0.1, 0.15) is 0 Å². The van der Waals surface area contributed by atoms with Crippen LogP contribution in [0.4, 0.5) is 0 Å². The van der Waals surface area contributed by atoms with Gasteiger partial charge in [-0.15, -0.1) is 0 Å². The molecule has 0 atom stereocenters. The first kappa shape index (κ1) is 109. The fourth-order valence-electron chi connectivity index (χ4n) is 7.55. The van der Waals surface area contributed by atoms with Gasteiger partial charge in [0.25, 0.3) is 0 Å². The van der Waals surface area contributed by atoms with E-state index in [1.54, 1.807) is 0 Å². The average molecular weight is 1370 g/mol. The van der Waals surface area contributed by atoms with Gasteiger partial charge in [0.05, 0.1) is 0 Å². The first-order valence-corrected chi connectivity index (χ1v) is 39.0. The minimum atomic E-state index is 0.265. The maximum Gasteiger partial charge on any atom is 0.0202 e. The molecule has 101 heavy (non-hydrogen) atoms. The Morgan fingerprint density at radius 2 is 0.386 bits per heavy atom. The average Bonchev–Trinajstić information content (AvgIpc) is 0.780. The maximum absolute atomic E-state index is 2.30. The van der Waals surface area contributed by atoms with Crippen LogP contribution in [-0.4, -0.2) is 0 Å². The second kappa shape index (κ2) is 84.6. The molecular weight excluding hydrogens is 1210 g/mol. The van der Waals surface area contributed by atoms with Crippen LogP contribution >= 0.6 is 0 Å². The van der Waals surface area contributed by atoms with Crippen molar-refractivity contribution < 1.29 is 0 Å². The number of aryl methyl sites for hydroxylation is 1. The lowest BCUT2D eigenvalue weighted by molar-refractivity contribution is 0.346. The van der Waals surface area contributed by atoms with Crippen molar-refractivity contribution >= 4 is 0 Å². The molecule has 562 valence electrons. The van der Waals surface area contributed by atoms with Crippen LogP contribution in [0, 0.1) is 23.2 Å². The van der Waals surface area contributed by atoms with E-state index in [0.29, 0.717) is 22.2 Å². The van der Waals surface area contributed by atoms with Crippen LogP contribution in [0.2, 0.25) is 0 Å². The lowest BCUT2D eigenvalue weighted by Crippen LogP contribution is -2.30. The van der Waals surface area contributed by atoms with E-state index in [-0.39, 0.29) is 5.41 Å². The highest BCUT2D eigenvalue weighted by Gasteiger charge is 2.35. The zero-order chi connectivity index (χ0) is 78.6. The fraction of sp³-hybridized carbons (Fsp3) is 0.406. The third kappa shape index (κ3) is 82.8. The molecule has 0 saturated heterocycles. The molecule has 0 heteroatoms. The van der Waals surface area contributed by atoms with Gasteiger partial charge in [0, 0.05) is 11.3 Å². The normalized spacial score (nSPS) is 10.1. The predicted molar refractivity (Wildman–Crippen MR) is 471 cm³/mol. The van der Waals surface area contributed by atoms with Crippen LogP contribution in [0.3, 0.4) is 0 Å². The standard InChI is InChI=1S/C18H20.C14H14.C7H8.5C6H6.C6H14.2C5H12.8C2H6/c1-4-10-16(11-5-1)18(14-8-3-9-15-18)17-12-6-2-7-13-17;1-12(13-8-4-2-5-9-13)14-10-6-3-7-11-14;1-7-5-3-2-4-6-7;5*1-2-4-6-5-3-1;1-5-6(2,3)4;2*1-5(2,3)4;8*1-2/h1-2,4-7,10-13H,3,8-9,14-15H2;2-12H,1H3;2-6H,1H3;5*1-6H;5H2,1-4H3;2*1-4H3;8*1-2H3. The first-order valence-electron chi connectivity index (χ1n) is 39.0. The van der Waals surface area contributed by atoms with Crippen LogP contribution in [0.15, 0.2) is 334 Å². The topological polar surface area (TPSA) is 0 Å². The quantitative estimate of drug-likeness (QED) is 0.165. The van der Waals surface area contributed by atoms with Crippen molar-refractivity contribution in [3.05, 3.63) is 361 Å². The molecule has 1 aliphatic rings. The molecule has 0 bridgehead atoms. The van der Waals surface area contributed by atoms with Crippen molar-refractivity contribution in [3.8, 4) is 0 Å². The van der Waals surface area contributed by atoms with Crippen LogP contribution in [0.1, 0.15) is 273 Å². The molecule has 0 N–H and O–H groups in total. The van der Waals surface area contributed by atoms with Gasteiger partial charge in [-0.2, -0.15) is 0 Å². The molecule has 1 aliphatic carbocycles. The minimum absolute atomic E-state index is 0.265. The largest absolute Gasteiger partial charge is 0.0683 e. The van der Waals surface area contributed by atoms with Crippen molar-refractivity contribution in [2.45, 2.75) is 258 Å². The molecule has 1 saturated carbocycles. The van der Waals surface area contributed by atoms with Gasteiger partial charge in [-0.1, -0.05) is 566 Å². The Labute approximate surface area is 631 Å². The van der Waals surface area contributed by atoms with E-state index in [4.69, 9.17) is 0 Å². The zero-order valence-electron chi connectivity index (χ0n) is 71.1. The van der Waals surface area contributed by atoms with E-state index in [1.807, 2.05) is 311 Å². The van der Waals surface area contributed by atoms with Gasteiger partial charge in [-0.25, -0.2) is 0 Å². The Hall–Kier alpha value is -7.80. The van der Waals surface area contributed by atoms with Gasteiger partial charge in [-0.05, 0) is 58.3 Å². The number of benzene rings is 10. The summed E-state index contributed by atoms with van der Waals surface area (Å²) in [5.74, 6) is 0.484. The monoisotopic (exact) mass is 1370 g/mol. The summed E-state index contributed by atoms with van der Waals surface area (Å²) in [6.45, 7) is 62.8. The van der Waals surface area contributed by atoms with E-state index in [9.17, 15) is 0 Å². The Bertz CT molecular complexity index is 2420. The lowest BCUT2D eigenvalue weighted by Gasteiger charge is -2.38. The highest BCUT2D eigenvalue weighted by molar-refractivity contribution is 5.40. The molecule has 10 aromatic carbocycles. The van der Waals surface area contributed by atoms with Crippen LogP contribution < -0.4 is 0 Å². The lowest BCUT2D eigenvalue weighted by atomic mass is 9.65. The van der Waals surface area contributed by atoms with E-state index >= 15 is 0 Å². The van der Waals surface area contributed by atoms with E-state index in [2.05, 4.69) is 230 Å². The predicted octanol–water partition coefficient (Wildman–Crippen LogP) is 34.0. The molecule has 0 aromatic heterocycles. The SMILES string of the molecule is CC.CC.CC.CC.CC.CC.CC.CC.CC(C)(C)C.CC(C)(C)C.CC(c1ccccc1)c1ccccc1.CCC(C)(C)C.Cc1ccccc1.c1ccc(C2(c3ccccc3)CCCCC2)cc1.c1ccccc1.c1ccccc1.c1ccccc1.c1ccccc1.c1ccccc1. The highest BCUT2D eigenvalue weighted by Crippen LogP contribution is 2.44. The molecule has 0 amide bonds. The van der Waals surface area contributed by atoms with Crippen LogP contribution in [0.25, 0.3) is 0 Å². The molecule has 0 nitrogen and oxygen atoms in total. The van der Waals surface area contributed by atoms with Gasteiger partial charge in [0.15, 0.2) is 0 Å². The number of rotatable bonds is 4. The summed E-state index contributed by atoms with van der Waals surface area (Å²) in [5, 5.41) is 0. The molecule has 0 aliphatic heterocycles. The smallest absolute Gasteiger partial charge is 0.0202 e. The summed E-state index contributed by atoms with van der Waals surface area (Å²) < 4.78 is 0. The Morgan fingerprint density at radius 3 is 0.525 bits per heavy atom. The van der Waals surface area contributed by atoms with Crippen molar-refractivity contribution in [3.63, 3.8) is 0 Å². The molecular formula is C101H158. The van der Waals surface area contributed by atoms with E-state index < -0.39 is 0 Å². The van der Waals surface area contributed by atoms with Crippen LogP contribution in [0.5, 0.6) is 0 Å². The van der Waals surface area contributed by atoms with Crippen molar-refractivity contribution in [2.24, 2.45) is 16.2 Å². The summed E-state index contributed by atoms with van der Waals surface area (Å²) in [4.78, 5) is 0. The Kier molecular flexibility index (Phi) is 91.4. The molecule has 0 spiro atoms. The second-order valence-electron chi connectivity index (χ2n) is 25.3. The first-order chi connectivity index (χ1) is 48.7. The molecule has 0 unspecified atom stereocenters. The molecule has 1 fully saturated rings. The van der Waals surface area contributed by atoms with Crippen molar-refractivity contribution in [2.75, 3.05) is 0 Å². The Balaban J connectivity index is -0.000000158. The minimum Gasteiger partial charge on any atom is -0.0683 e. The maximum atomic E-state index is 2.30. The Morgan fingerprint density at radius 1 is 0.248 bits per heavy atom. The summed E-state index contributed by atoms with van der Waals surface area (Å²) in [6.07, 6.45) is 7.95. The third-order valence-electron chi connectivity index (χ3n) is 12.3. The van der Waals surface area contributed by atoms with Gasteiger partial charge >= 0.3 is 0 Å². The van der Waals surface area contributed by atoms with Gasteiger partial charge in [0.2, 0.25) is 0 Å². The fourth-order valence-corrected chi connectivity index (χ4v) is 7.55. The number of hydrogen-bond donors (Lipinski definition) is 0. The molecule has 10 aromatic rings. The zero-order valence-corrected chi connectivity index (χ0v) is 71.1. The highest BCUT2D eigenvalue weighted by atomic mass is 14.4. The molecule has 0 heterocycles. The second-order valence-corrected chi connectivity index (χ2v) is 25.3. The van der Waals surface area contributed by atoms with E-state index in [0.717, 1.165) is 0 Å². The summed E-state index contributed by atoms with van der Waals surface area (Å²) >= 11 is 0. The summed E-state index contributed by atoms with van der Waals surface area (Å²) in [6, 6.07) is 114. The van der Waals surface area contributed by atoms with Gasteiger partial charge in [-0.3, -0.25) is 0 Å². The van der Waals surface area contributed by atoms with Crippen LogP contribution in [-0.2, 0) is 5.41 Å². The van der Waals surface area contributed by atoms with Crippen molar-refractivity contribution in [1.29, 1.82) is 0 Å². The molecule has 11 rings (SSSR count).